The normalized spacial score (nSPS) is 14.7. The van der Waals surface area contributed by atoms with Gasteiger partial charge in [0.25, 0.3) is 5.91 Å². The van der Waals surface area contributed by atoms with Gasteiger partial charge in [-0.15, -0.1) is 12.8 Å². The van der Waals surface area contributed by atoms with E-state index >= 15 is 0 Å². The number of fused-ring (bicyclic) bond motifs is 1. The van der Waals surface area contributed by atoms with Gasteiger partial charge in [-0.1, -0.05) is 12.1 Å². The van der Waals surface area contributed by atoms with Crippen molar-refractivity contribution < 1.29 is 23.9 Å². The summed E-state index contributed by atoms with van der Waals surface area (Å²) in [4.78, 5) is 41.3. The number of terminal acetylenes is 1. The summed E-state index contributed by atoms with van der Waals surface area (Å²) in [7, 11) is 1.50. The lowest BCUT2D eigenvalue weighted by Gasteiger charge is -2.15. The van der Waals surface area contributed by atoms with Crippen LogP contribution in [0.3, 0.4) is 0 Å². The molecule has 3 amide bonds. The fourth-order valence-electron chi connectivity index (χ4n) is 4.65. The number of amides is 3. The van der Waals surface area contributed by atoms with Crippen molar-refractivity contribution in [1.29, 1.82) is 0 Å². The average molecular weight is 564 g/mol. The van der Waals surface area contributed by atoms with Crippen LogP contribution < -0.4 is 21.7 Å². The largest absolute Gasteiger partial charge is 0.393 e. The number of nitrogens with two attached hydrogens (primary N) is 1. The Labute approximate surface area is 240 Å². The molecule has 0 spiro atoms. The molecule has 0 radical (unpaired) electrons. The number of nitrogens with one attached hydrogen (secondary N) is 4. The van der Waals surface area contributed by atoms with Crippen LogP contribution >= 0.6 is 0 Å². The molecule has 0 fully saturated rings. The number of rotatable bonds is 8. The molecule has 10 heteroatoms. The molecule has 41 heavy (non-hydrogen) atoms. The van der Waals surface area contributed by atoms with Gasteiger partial charge in [0.1, 0.15) is 5.82 Å². The number of hydrogen-bond acceptors (Lipinski definition) is 5. The highest BCUT2D eigenvalue weighted by atomic mass is 19.1. The Kier molecular flexibility index (Phi) is 11.8. The first-order valence-electron chi connectivity index (χ1n) is 13.1. The Hall–Kier alpha value is -4.46. The van der Waals surface area contributed by atoms with Gasteiger partial charge in [0.05, 0.1) is 30.2 Å². The molecule has 1 aliphatic rings. The van der Waals surface area contributed by atoms with E-state index in [1.165, 1.54) is 19.2 Å². The summed E-state index contributed by atoms with van der Waals surface area (Å²) in [5, 5.41) is 18.1. The third kappa shape index (κ3) is 8.03. The molecule has 2 aromatic carbocycles. The summed E-state index contributed by atoms with van der Waals surface area (Å²) < 4.78 is 13.2. The van der Waals surface area contributed by atoms with Crippen LogP contribution in [0.4, 0.5) is 15.8 Å². The third-order valence-corrected chi connectivity index (χ3v) is 6.68. The Bertz CT molecular complexity index is 1400. The minimum Gasteiger partial charge on any atom is -0.393 e. The number of aromatic nitrogens is 1. The van der Waals surface area contributed by atoms with Crippen molar-refractivity contribution in [2.24, 2.45) is 5.73 Å². The van der Waals surface area contributed by atoms with Crippen molar-refractivity contribution in [3.63, 3.8) is 0 Å². The SMILES string of the molecule is C#C.CN.Cc1[nH]c(CC2C(=O)Nc3ccc(C(=O)NC(C)c4ccc(F)cc4)cc32)c(C)c1NC(=O)CC(C)O. The van der Waals surface area contributed by atoms with Gasteiger partial charge < -0.3 is 31.8 Å². The molecule has 0 bridgehead atoms. The van der Waals surface area contributed by atoms with Gasteiger partial charge in [-0.05, 0) is 81.8 Å². The van der Waals surface area contributed by atoms with E-state index < -0.39 is 12.0 Å². The molecular weight excluding hydrogens is 525 g/mol. The zero-order valence-corrected chi connectivity index (χ0v) is 24.0. The van der Waals surface area contributed by atoms with Crippen LogP contribution in [-0.2, 0) is 16.0 Å². The standard InChI is InChI=1S/C28H31FN4O4.C2H2.CH5N/c1-14(34)11-25(35)33-26-15(2)24(30-17(26)4)13-22-21-12-19(7-10-23(21)32-28(22)37)27(36)31-16(3)18-5-8-20(29)9-6-18;2*1-2/h5-10,12,14,16,22,30,34H,11,13H2,1-4H3,(H,31,36)(H,32,37)(H,33,35);1-2H;2H2,1H3. The van der Waals surface area contributed by atoms with Crippen LogP contribution in [-0.4, -0.2) is 41.0 Å². The van der Waals surface area contributed by atoms with Crippen LogP contribution in [0.1, 0.15) is 70.7 Å². The van der Waals surface area contributed by atoms with Crippen LogP contribution in [0, 0.1) is 32.5 Å². The maximum atomic E-state index is 13.2. The third-order valence-electron chi connectivity index (χ3n) is 6.68. The minimum atomic E-state index is -0.747. The maximum absolute atomic E-state index is 13.2. The van der Waals surface area contributed by atoms with Crippen LogP contribution in [0.25, 0.3) is 0 Å². The summed E-state index contributed by atoms with van der Waals surface area (Å²) >= 11 is 0. The molecule has 1 aliphatic heterocycles. The van der Waals surface area contributed by atoms with E-state index in [-0.39, 0.29) is 36.0 Å². The van der Waals surface area contributed by atoms with Gasteiger partial charge in [0.2, 0.25) is 11.8 Å². The van der Waals surface area contributed by atoms with Crippen molar-refractivity contribution in [3.8, 4) is 12.8 Å². The monoisotopic (exact) mass is 563 g/mol. The molecule has 3 atom stereocenters. The highest BCUT2D eigenvalue weighted by molar-refractivity contribution is 6.05. The summed E-state index contributed by atoms with van der Waals surface area (Å²) in [6, 6.07) is 10.7. The van der Waals surface area contributed by atoms with Gasteiger partial charge in [0.15, 0.2) is 0 Å². The molecule has 9 nitrogen and oxygen atoms in total. The molecule has 0 saturated heterocycles. The number of anilines is 2. The zero-order valence-electron chi connectivity index (χ0n) is 24.0. The number of carbonyl (C=O) groups is 3. The number of aryl methyl sites for hydroxylation is 1. The minimum absolute atomic E-state index is 0.0115. The Morgan fingerprint density at radius 3 is 2.34 bits per heavy atom. The second kappa shape index (κ2) is 14.8. The Balaban J connectivity index is 0.00000141. The van der Waals surface area contributed by atoms with Gasteiger partial charge in [-0.3, -0.25) is 14.4 Å². The van der Waals surface area contributed by atoms with Crippen LogP contribution in [0.5, 0.6) is 0 Å². The molecule has 218 valence electrons. The number of hydrogen-bond donors (Lipinski definition) is 6. The van der Waals surface area contributed by atoms with Crippen molar-refractivity contribution in [3.05, 3.63) is 81.9 Å². The molecule has 7 N–H and O–H groups in total. The number of aromatic amines is 1. The molecular formula is C31H38FN5O4. The molecule has 1 aromatic heterocycles. The van der Waals surface area contributed by atoms with Crippen molar-refractivity contribution in [2.45, 2.75) is 58.6 Å². The lowest BCUT2D eigenvalue weighted by molar-refractivity contribution is -0.118. The smallest absolute Gasteiger partial charge is 0.251 e. The van der Waals surface area contributed by atoms with Crippen molar-refractivity contribution >= 4 is 29.1 Å². The van der Waals surface area contributed by atoms with E-state index in [0.29, 0.717) is 23.4 Å². The quantitative estimate of drug-likeness (QED) is 0.229. The number of H-pyrrole nitrogens is 1. The van der Waals surface area contributed by atoms with Gasteiger partial charge in [-0.25, -0.2) is 4.39 Å². The lowest BCUT2D eigenvalue weighted by Crippen LogP contribution is -2.26. The summed E-state index contributed by atoms with van der Waals surface area (Å²) in [5.41, 5.74) is 10.1. The second-order valence-corrected chi connectivity index (χ2v) is 9.62. The fraction of sp³-hybridized carbons (Fsp3) is 0.323. The number of benzene rings is 2. The van der Waals surface area contributed by atoms with E-state index in [9.17, 15) is 23.9 Å². The first-order valence-corrected chi connectivity index (χ1v) is 13.1. The van der Waals surface area contributed by atoms with E-state index in [0.717, 1.165) is 28.1 Å². The summed E-state index contributed by atoms with van der Waals surface area (Å²) in [6.45, 7) is 7.07. The van der Waals surface area contributed by atoms with Crippen LogP contribution in [0.2, 0.25) is 0 Å². The number of halogens is 1. The molecule has 3 aromatic rings. The Morgan fingerprint density at radius 1 is 1.10 bits per heavy atom. The van der Waals surface area contributed by atoms with Gasteiger partial charge in [-0.2, -0.15) is 0 Å². The first-order chi connectivity index (χ1) is 19.5. The first kappa shape index (κ1) is 32.8. The number of aliphatic hydroxyl groups excluding tert-OH is 1. The Morgan fingerprint density at radius 2 is 1.73 bits per heavy atom. The lowest BCUT2D eigenvalue weighted by atomic mass is 9.93. The van der Waals surface area contributed by atoms with Gasteiger partial charge >= 0.3 is 0 Å². The van der Waals surface area contributed by atoms with Crippen molar-refractivity contribution in [2.75, 3.05) is 17.7 Å². The van der Waals surface area contributed by atoms with Crippen molar-refractivity contribution in [1.82, 2.24) is 10.3 Å². The van der Waals surface area contributed by atoms with E-state index in [2.05, 4.69) is 39.5 Å². The average Bonchev–Trinajstić information content (AvgIpc) is 3.40. The second-order valence-electron chi connectivity index (χ2n) is 9.62. The topological polar surface area (TPSA) is 149 Å². The summed E-state index contributed by atoms with van der Waals surface area (Å²) in [5.74, 6) is -1.62. The summed E-state index contributed by atoms with van der Waals surface area (Å²) in [6.07, 6.45) is 7.60. The highest BCUT2D eigenvalue weighted by Crippen LogP contribution is 2.37. The predicted molar refractivity (Wildman–Crippen MR) is 159 cm³/mol. The van der Waals surface area contributed by atoms with E-state index in [4.69, 9.17) is 0 Å². The number of carbonyl (C=O) groups excluding carboxylic acids is 3. The number of aliphatic hydroxyl groups is 1. The molecule has 0 saturated carbocycles. The fourth-order valence-corrected chi connectivity index (χ4v) is 4.65. The molecule has 2 heterocycles. The maximum Gasteiger partial charge on any atom is 0.251 e. The highest BCUT2D eigenvalue weighted by Gasteiger charge is 2.33. The predicted octanol–water partition coefficient (Wildman–Crippen LogP) is 4.07. The van der Waals surface area contributed by atoms with E-state index in [1.54, 1.807) is 37.3 Å². The molecule has 0 aliphatic carbocycles. The zero-order chi connectivity index (χ0) is 30.9. The van der Waals surface area contributed by atoms with E-state index in [1.807, 2.05) is 20.8 Å². The molecule has 3 unspecified atom stereocenters. The molecule has 4 rings (SSSR count). The van der Waals surface area contributed by atoms with Gasteiger partial charge in [0, 0.05) is 29.1 Å². The van der Waals surface area contributed by atoms with Crippen LogP contribution in [0.15, 0.2) is 42.5 Å².